The lowest BCUT2D eigenvalue weighted by molar-refractivity contribution is 0.795. The van der Waals surface area contributed by atoms with Gasteiger partial charge >= 0.3 is 0 Å². The number of fused-ring (bicyclic) bond motifs is 1. The Morgan fingerprint density at radius 3 is 2.93 bits per heavy atom. The average molecular weight is 249 g/mol. The Labute approximate surface area is 90.9 Å². The van der Waals surface area contributed by atoms with E-state index in [1.165, 1.54) is 0 Å². The van der Waals surface area contributed by atoms with E-state index in [2.05, 4.69) is 33.5 Å². The SMILES string of the molecule is CCn1cc(C#N)c2cccc(Br)c21. The predicted molar refractivity (Wildman–Crippen MR) is 60.0 cm³/mol. The summed E-state index contributed by atoms with van der Waals surface area (Å²) in [6.45, 7) is 2.95. The summed E-state index contributed by atoms with van der Waals surface area (Å²) < 4.78 is 3.12. The number of rotatable bonds is 1. The van der Waals surface area contributed by atoms with Crippen LogP contribution in [0, 0.1) is 11.3 Å². The Kier molecular flexibility index (Phi) is 2.30. The summed E-state index contributed by atoms with van der Waals surface area (Å²) in [4.78, 5) is 0. The zero-order valence-corrected chi connectivity index (χ0v) is 9.37. The molecule has 0 amide bonds. The standard InChI is InChI=1S/C11H9BrN2/c1-2-14-7-8(6-13)9-4-3-5-10(12)11(9)14/h3-5,7H,2H2,1H3. The summed E-state index contributed by atoms with van der Waals surface area (Å²) >= 11 is 3.50. The number of para-hydroxylation sites is 1. The molecule has 0 atom stereocenters. The molecule has 2 aromatic rings. The molecule has 0 aliphatic carbocycles. The van der Waals surface area contributed by atoms with Crippen LogP contribution in [-0.4, -0.2) is 4.57 Å². The van der Waals surface area contributed by atoms with E-state index in [1.54, 1.807) is 0 Å². The van der Waals surface area contributed by atoms with Gasteiger partial charge in [-0.2, -0.15) is 5.26 Å². The van der Waals surface area contributed by atoms with Gasteiger partial charge in [0.1, 0.15) is 6.07 Å². The van der Waals surface area contributed by atoms with Crippen LogP contribution in [0.3, 0.4) is 0 Å². The van der Waals surface area contributed by atoms with Crippen LogP contribution in [0.25, 0.3) is 10.9 Å². The topological polar surface area (TPSA) is 28.7 Å². The fourth-order valence-electron chi connectivity index (χ4n) is 1.65. The highest BCUT2D eigenvalue weighted by Gasteiger charge is 2.08. The van der Waals surface area contributed by atoms with Crippen LogP contribution in [-0.2, 0) is 6.54 Å². The minimum absolute atomic E-state index is 0.739. The van der Waals surface area contributed by atoms with Crippen molar-refractivity contribution in [3.63, 3.8) is 0 Å². The first-order valence-corrected chi connectivity index (χ1v) is 5.24. The van der Waals surface area contributed by atoms with Crippen LogP contribution >= 0.6 is 15.9 Å². The highest BCUT2D eigenvalue weighted by molar-refractivity contribution is 9.10. The Morgan fingerprint density at radius 2 is 2.29 bits per heavy atom. The number of hydrogen-bond acceptors (Lipinski definition) is 1. The van der Waals surface area contributed by atoms with Crippen molar-refractivity contribution in [3.8, 4) is 6.07 Å². The maximum absolute atomic E-state index is 8.96. The molecular formula is C11H9BrN2. The van der Waals surface area contributed by atoms with Crippen LogP contribution in [0.5, 0.6) is 0 Å². The number of benzene rings is 1. The summed E-state index contributed by atoms with van der Waals surface area (Å²) in [5.41, 5.74) is 1.84. The summed E-state index contributed by atoms with van der Waals surface area (Å²) in [6, 6.07) is 8.13. The van der Waals surface area contributed by atoms with Crippen molar-refractivity contribution in [2.75, 3.05) is 0 Å². The van der Waals surface area contributed by atoms with Gasteiger partial charge in [0.2, 0.25) is 0 Å². The monoisotopic (exact) mass is 248 g/mol. The molecule has 0 fully saturated rings. The molecule has 0 saturated heterocycles. The molecule has 0 unspecified atom stereocenters. The largest absolute Gasteiger partial charge is 0.345 e. The lowest BCUT2D eigenvalue weighted by Gasteiger charge is -2.01. The molecule has 2 rings (SSSR count). The molecule has 2 nitrogen and oxygen atoms in total. The van der Waals surface area contributed by atoms with E-state index >= 15 is 0 Å². The fourth-order valence-corrected chi connectivity index (χ4v) is 2.25. The molecule has 1 aromatic heterocycles. The fraction of sp³-hybridized carbons (Fsp3) is 0.182. The molecule has 1 aromatic carbocycles. The minimum Gasteiger partial charge on any atom is -0.345 e. The van der Waals surface area contributed by atoms with Crippen LogP contribution < -0.4 is 0 Å². The van der Waals surface area contributed by atoms with Crippen LogP contribution in [0.1, 0.15) is 12.5 Å². The maximum atomic E-state index is 8.96. The first-order valence-electron chi connectivity index (χ1n) is 4.45. The third-order valence-corrected chi connectivity index (χ3v) is 2.95. The Morgan fingerprint density at radius 1 is 1.50 bits per heavy atom. The van der Waals surface area contributed by atoms with Crippen molar-refractivity contribution in [2.45, 2.75) is 13.5 Å². The van der Waals surface area contributed by atoms with Gasteiger partial charge in [-0.1, -0.05) is 12.1 Å². The molecule has 0 aliphatic rings. The number of nitriles is 1. The minimum atomic E-state index is 0.739. The lowest BCUT2D eigenvalue weighted by Crippen LogP contribution is -1.90. The number of halogens is 1. The molecular weight excluding hydrogens is 240 g/mol. The molecule has 0 radical (unpaired) electrons. The number of aryl methyl sites for hydroxylation is 1. The molecule has 70 valence electrons. The van der Waals surface area contributed by atoms with E-state index in [0.29, 0.717) is 0 Å². The van der Waals surface area contributed by atoms with Gasteiger partial charge in [-0.05, 0) is 28.9 Å². The van der Waals surface area contributed by atoms with Crippen molar-refractivity contribution in [3.05, 3.63) is 34.4 Å². The quantitative estimate of drug-likeness (QED) is 0.762. The highest BCUT2D eigenvalue weighted by Crippen LogP contribution is 2.27. The number of nitrogens with zero attached hydrogens (tertiary/aromatic N) is 2. The zero-order valence-electron chi connectivity index (χ0n) is 7.79. The maximum Gasteiger partial charge on any atom is 0.101 e. The summed E-state index contributed by atoms with van der Waals surface area (Å²) in [5, 5.41) is 9.97. The number of aromatic nitrogens is 1. The van der Waals surface area contributed by atoms with Gasteiger partial charge in [0.05, 0.1) is 11.1 Å². The van der Waals surface area contributed by atoms with Crippen molar-refractivity contribution in [1.82, 2.24) is 4.57 Å². The van der Waals surface area contributed by atoms with Gasteiger partial charge in [-0.25, -0.2) is 0 Å². The molecule has 0 spiro atoms. The third kappa shape index (κ3) is 1.23. The molecule has 1 heterocycles. The second kappa shape index (κ2) is 3.47. The van der Waals surface area contributed by atoms with E-state index in [9.17, 15) is 0 Å². The third-order valence-electron chi connectivity index (χ3n) is 2.31. The van der Waals surface area contributed by atoms with Crippen LogP contribution in [0.4, 0.5) is 0 Å². The van der Waals surface area contributed by atoms with Crippen molar-refractivity contribution >= 4 is 26.8 Å². The normalized spacial score (nSPS) is 10.4. The van der Waals surface area contributed by atoms with E-state index < -0.39 is 0 Å². The molecule has 14 heavy (non-hydrogen) atoms. The molecule has 0 N–H and O–H groups in total. The lowest BCUT2D eigenvalue weighted by atomic mass is 10.2. The zero-order chi connectivity index (χ0) is 10.1. The van der Waals surface area contributed by atoms with E-state index in [-0.39, 0.29) is 0 Å². The van der Waals surface area contributed by atoms with Crippen molar-refractivity contribution in [1.29, 1.82) is 5.26 Å². The van der Waals surface area contributed by atoms with Gasteiger partial charge in [-0.3, -0.25) is 0 Å². The van der Waals surface area contributed by atoms with Crippen molar-refractivity contribution < 1.29 is 0 Å². The smallest absolute Gasteiger partial charge is 0.101 e. The Balaban J connectivity index is 2.91. The molecule has 0 bridgehead atoms. The van der Waals surface area contributed by atoms with Gasteiger partial charge in [-0.15, -0.1) is 0 Å². The van der Waals surface area contributed by atoms with E-state index in [4.69, 9.17) is 5.26 Å². The highest BCUT2D eigenvalue weighted by atomic mass is 79.9. The van der Waals surface area contributed by atoms with E-state index in [0.717, 1.165) is 27.5 Å². The van der Waals surface area contributed by atoms with Gasteiger partial charge < -0.3 is 4.57 Å². The summed E-state index contributed by atoms with van der Waals surface area (Å²) in [5.74, 6) is 0. The van der Waals surface area contributed by atoms with Crippen LogP contribution in [0.15, 0.2) is 28.9 Å². The van der Waals surface area contributed by atoms with Crippen molar-refractivity contribution in [2.24, 2.45) is 0 Å². The Hall–Kier alpha value is -1.27. The van der Waals surface area contributed by atoms with Crippen LogP contribution in [0.2, 0.25) is 0 Å². The van der Waals surface area contributed by atoms with E-state index in [1.807, 2.05) is 24.4 Å². The first-order chi connectivity index (χ1) is 6.77. The van der Waals surface area contributed by atoms with Gasteiger partial charge in [0.25, 0.3) is 0 Å². The molecule has 0 saturated carbocycles. The first kappa shape index (κ1) is 9.29. The summed E-state index contributed by atoms with van der Waals surface area (Å²) in [7, 11) is 0. The molecule has 3 heteroatoms. The second-order valence-corrected chi connectivity index (χ2v) is 3.93. The summed E-state index contributed by atoms with van der Waals surface area (Å²) in [6.07, 6.45) is 1.90. The number of hydrogen-bond donors (Lipinski definition) is 0. The molecule has 0 aliphatic heterocycles. The predicted octanol–water partition coefficient (Wildman–Crippen LogP) is 3.30. The second-order valence-electron chi connectivity index (χ2n) is 3.08. The van der Waals surface area contributed by atoms with Gasteiger partial charge in [0, 0.05) is 22.6 Å². The average Bonchev–Trinajstić information content (AvgIpc) is 2.57. The Bertz CT molecular complexity index is 520. The van der Waals surface area contributed by atoms with Gasteiger partial charge in [0.15, 0.2) is 0 Å².